The van der Waals surface area contributed by atoms with Crippen LogP contribution in [0.25, 0.3) is 0 Å². The molecule has 0 unspecified atom stereocenters. The van der Waals surface area contributed by atoms with Crippen molar-refractivity contribution in [1.82, 2.24) is 0 Å². The number of nitro benzene ring substituents is 1. The van der Waals surface area contributed by atoms with Gasteiger partial charge in [0.1, 0.15) is 0 Å². The lowest BCUT2D eigenvalue weighted by Crippen LogP contribution is -2.00. The highest BCUT2D eigenvalue weighted by Gasteiger charge is 2.19. The van der Waals surface area contributed by atoms with Crippen molar-refractivity contribution in [1.29, 1.82) is 0 Å². The summed E-state index contributed by atoms with van der Waals surface area (Å²) < 4.78 is 18.8. The van der Waals surface area contributed by atoms with Crippen LogP contribution >= 0.6 is 0 Å². The van der Waals surface area contributed by atoms with E-state index in [0.717, 1.165) is 24.3 Å². The summed E-state index contributed by atoms with van der Waals surface area (Å²) in [6, 6.07) is 7.13. The van der Waals surface area contributed by atoms with E-state index in [4.69, 9.17) is 9.84 Å². The summed E-state index contributed by atoms with van der Waals surface area (Å²) in [5.41, 5.74) is 0.0630. The second-order valence-electron chi connectivity index (χ2n) is 4.28. The summed E-state index contributed by atoms with van der Waals surface area (Å²) in [5, 5.41) is 19.8. The third-order valence-electron chi connectivity index (χ3n) is 2.71. The zero-order chi connectivity index (χ0) is 15.6. The Morgan fingerprint density at radius 3 is 2.57 bits per heavy atom. The van der Waals surface area contributed by atoms with Crippen molar-refractivity contribution in [3.63, 3.8) is 0 Å². The maximum atomic E-state index is 13.6. The Labute approximate surface area is 118 Å². The van der Waals surface area contributed by atoms with E-state index in [0.29, 0.717) is 5.56 Å². The fourth-order valence-electron chi connectivity index (χ4n) is 1.69. The number of carboxylic acid groups (broad SMARTS) is 1. The molecule has 1 N–H and O–H groups in total. The van der Waals surface area contributed by atoms with Gasteiger partial charge in [-0.1, -0.05) is 6.07 Å². The van der Waals surface area contributed by atoms with E-state index in [2.05, 4.69) is 0 Å². The average Bonchev–Trinajstić information content (AvgIpc) is 2.42. The van der Waals surface area contributed by atoms with Crippen molar-refractivity contribution in [2.75, 3.05) is 0 Å². The second kappa shape index (κ2) is 5.58. The molecule has 0 atom stereocenters. The number of ether oxygens (including phenoxy) is 1. The Hall–Kier alpha value is -2.96. The summed E-state index contributed by atoms with van der Waals surface area (Å²) in [5.74, 6) is -2.50. The maximum absolute atomic E-state index is 13.6. The van der Waals surface area contributed by atoms with Crippen molar-refractivity contribution >= 4 is 11.7 Å². The third kappa shape index (κ3) is 3.14. The maximum Gasteiger partial charge on any atom is 0.335 e. The number of nitrogens with zero attached hydrogens (tertiary/aromatic N) is 1. The summed E-state index contributed by atoms with van der Waals surface area (Å²) in [7, 11) is 0. The number of carboxylic acids is 1. The molecule has 7 heteroatoms. The van der Waals surface area contributed by atoms with E-state index in [1.807, 2.05) is 0 Å². The Bertz CT molecular complexity index is 729. The largest absolute Gasteiger partial charge is 0.478 e. The van der Waals surface area contributed by atoms with Crippen LogP contribution in [0.1, 0.15) is 15.9 Å². The molecule has 2 aromatic carbocycles. The van der Waals surface area contributed by atoms with Crippen molar-refractivity contribution in [3.05, 3.63) is 63.5 Å². The molecule has 108 valence electrons. The van der Waals surface area contributed by atoms with E-state index < -0.39 is 22.4 Å². The smallest absolute Gasteiger partial charge is 0.335 e. The molecule has 0 aliphatic rings. The van der Waals surface area contributed by atoms with E-state index in [1.54, 1.807) is 6.92 Å². The molecule has 2 rings (SSSR count). The minimum absolute atomic E-state index is 0.191. The van der Waals surface area contributed by atoms with Gasteiger partial charge < -0.3 is 9.84 Å². The van der Waals surface area contributed by atoms with Crippen LogP contribution in [0.3, 0.4) is 0 Å². The number of nitro groups is 1. The summed E-state index contributed by atoms with van der Waals surface area (Å²) >= 11 is 0. The Morgan fingerprint density at radius 1 is 1.24 bits per heavy atom. The highest BCUT2D eigenvalue weighted by molar-refractivity contribution is 5.88. The molecule has 0 amide bonds. The predicted molar refractivity (Wildman–Crippen MR) is 71.3 cm³/mol. The van der Waals surface area contributed by atoms with Gasteiger partial charge in [-0.15, -0.1) is 0 Å². The first-order valence-corrected chi connectivity index (χ1v) is 5.84. The van der Waals surface area contributed by atoms with Crippen LogP contribution in [-0.2, 0) is 0 Å². The van der Waals surface area contributed by atoms with E-state index in [1.165, 1.54) is 12.1 Å². The van der Waals surface area contributed by atoms with Crippen LogP contribution in [-0.4, -0.2) is 16.0 Å². The monoisotopic (exact) mass is 291 g/mol. The highest BCUT2D eigenvalue weighted by Crippen LogP contribution is 2.33. The molecule has 21 heavy (non-hydrogen) atoms. The summed E-state index contributed by atoms with van der Waals surface area (Å²) in [6.45, 7) is 1.70. The fraction of sp³-hybridized carbons (Fsp3) is 0.0714. The molecule has 0 aliphatic carbocycles. The predicted octanol–water partition coefficient (Wildman–Crippen LogP) is 3.53. The Morgan fingerprint density at radius 2 is 1.95 bits per heavy atom. The number of aromatic carboxylic acids is 1. The fourth-order valence-corrected chi connectivity index (χ4v) is 1.69. The lowest BCUT2D eigenvalue weighted by Gasteiger charge is -2.08. The lowest BCUT2D eigenvalue weighted by atomic mass is 10.2. The molecule has 0 heterocycles. The van der Waals surface area contributed by atoms with Crippen molar-refractivity contribution in [2.45, 2.75) is 6.92 Å². The molecule has 0 radical (unpaired) electrons. The molecular weight excluding hydrogens is 281 g/mol. The molecule has 0 saturated heterocycles. The number of hydrogen-bond donors (Lipinski definition) is 1. The zero-order valence-corrected chi connectivity index (χ0v) is 10.9. The van der Waals surface area contributed by atoms with Crippen LogP contribution in [0.2, 0.25) is 0 Å². The molecule has 0 aromatic heterocycles. The first-order chi connectivity index (χ1) is 9.88. The number of hydrogen-bond acceptors (Lipinski definition) is 4. The quantitative estimate of drug-likeness (QED) is 0.687. The van der Waals surface area contributed by atoms with E-state index >= 15 is 0 Å². The van der Waals surface area contributed by atoms with Crippen LogP contribution in [0.15, 0.2) is 36.4 Å². The van der Waals surface area contributed by atoms with Gasteiger partial charge in [-0.2, -0.15) is 0 Å². The molecule has 0 spiro atoms. The molecular formula is C14H10FNO5. The van der Waals surface area contributed by atoms with E-state index in [-0.39, 0.29) is 17.1 Å². The first-order valence-electron chi connectivity index (χ1n) is 5.84. The zero-order valence-electron chi connectivity index (χ0n) is 10.9. The third-order valence-corrected chi connectivity index (χ3v) is 2.71. The van der Waals surface area contributed by atoms with Gasteiger partial charge in [-0.05, 0) is 30.7 Å². The van der Waals surface area contributed by atoms with Gasteiger partial charge in [0.25, 0.3) is 0 Å². The lowest BCUT2D eigenvalue weighted by molar-refractivity contribution is -0.385. The number of benzene rings is 2. The molecule has 0 bridgehead atoms. The van der Waals surface area contributed by atoms with Crippen molar-refractivity contribution in [3.8, 4) is 11.5 Å². The summed E-state index contributed by atoms with van der Waals surface area (Å²) in [4.78, 5) is 21.1. The van der Waals surface area contributed by atoms with Gasteiger partial charge in [0, 0.05) is 12.1 Å². The SMILES string of the molecule is Cc1ccc(F)c(Oc2cc(C(=O)O)ccc2[N+](=O)[O-])c1. The number of aryl methyl sites for hydroxylation is 1. The molecule has 0 saturated carbocycles. The summed E-state index contributed by atoms with van der Waals surface area (Å²) in [6.07, 6.45) is 0. The van der Waals surface area contributed by atoms with Crippen LogP contribution in [0.5, 0.6) is 11.5 Å². The van der Waals surface area contributed by atoms with Crippen LogP contribution in [0.4, 0.5) is 10.1 Å². The van der Waals surface area contributed by atoms with Crippen molar-refractivity contribution < 1.29 is 24.0 Å². The Kier molecular flexibility index (Phi) is 3.84. The second-order valence-corrected chi connectivity index (χ2v) is 4.28. The van der Waals surface area contributed by atoms with Gasteiger partial charge >= 0.3 is 11.7 Å². The number of carbonyl (C=O) groups is 1. The van der Waals surface area contributed by atoms with Gasteiger partial charge in [0.05, 0.1) is 10.5 Å². The van der Waals surface area contributed by atoms with Gasteiger partial charge in [-0.25, -0.2) is 9.18 Å². The first kappa shape index (κ1) is 14.4. The topological polar surface area (TPSA) is 89.7 Å². The van der Waals surface area contributed by atoms with E-state index in [9.17, 15) is 19.3 Å². The standard InChI is InChI=1S/C14H10FNO5/c1-8-2-4-10(15)12(6-8)21-13-7-9(14(17)18)3-5-11(13)16(19)20/h2-7H,1H3,(H,17,18). The minimum atomic E-state index is -1.26. The highest BCUT2D eigenvalue weighted by atomic mass is 19.1. The normalized spacial score (nSPS) is 10.2. The van der Waals surface area contributed by atoms with Crippen molar-refractivity contribution in [2.24, 2.45) is 0 Å². The van der Waals surface area contributed by atoms with Crippen LogP contribution in [0, 0.1) is 22.9 Å². The average molecular weight is 291 g/mol. The Balaban J connectivity index is 2.50. The number of rotatable bonds is 4. The van der Waals surface area contributed by atoms with Gasteiger partial charge in [-0.3, -0.25) is 10.1 Å². The molecule has 2 aromatic rings. The van der Waals surface area contributed by atoms with Crippen LogP contribution < -0.4 is 4.74 Å². The molecule has 0 fully saturated rings. The number of halogens is 1. The van der Waals surface area contributed by atoms with Gasteiger partial charge in [0.2, 0.25) is 5.75 Å². The molecule has 0 aliphatic heterocycles. The van der Waals surface area contributed by atoms with Gasteiger partial charge in [0.15, 0.2) is 11.6 Å². The minimum Gasteiger partial charge on any atom is -0.478 e. The molecule has 6 nitrogen and oxygen atoms in total.